The maximum Gasteiger partial charge on any atom is 0.180 e. The lowest BCUT2D eigenvalue weighted by Crippen LogP contribution is -2.15. The number of rotatable bonds is 12. The first-order chi connectivity index (χ1) is 13.2. The molecule has 3 nitrogen and oxygen atoms in total. The Bertz CT molecular complexity index is 709. The van der Waals surface area contributed by atoms with Crippen LogP contribution in [-0.4, -0.2) is 13.2 Å². The van der Waals surface area contributed by atoms with Gasteiger partial charge in [0, 0.05) is 12.1 Å². The molecule has 27 heavy (non-hydrogen) atoms. The molecule has 0 saturated carbocycles. The Labute approximate surface area is 166 Å². The zero-order valence-electron chi connectivity index (χ0n) is 16.2. The van der Waals surface area contributed by atoms with E-state index < -0.39 is 0 Å². The second kappa shape index (κ2) is 11.8. The van der Waals surface area contributed by atoms with Crippen LogP contribution in [0.2, 0.25) is 5.02 Å². The molecule has 0 unspecified atom stereocenters. The Morgan fingerprint density at radius 1 is 1.04 bits per heavy atom. The quantitative estimate of drug-likeness (QED) is 0.440. The van der Waals surface area contributed by atoms with Gasteiger partial charge in [0.05, 0.1) is 11.6 Å². The fraction of sp³-hybridized carbons (Fsp3) is 0.455. The van der Waals surface area contributed by atoms with Crippen molar-refractivity contribution in [1.29, 1.82) is 0 Å². The average Bonchev–Trinajstić information content (AvgIpc) is 2.65. The zero-order valence-corrected chi connectivity index (χ0v) is 16.9. The summed E-state index contributed by atoms with van der Waals surface area (Å²) in [6.07, 6.45) is 4.93. The van der Waals surface area contributed by atoms with Crippen molar-refractivity contribution in [2.24, 2.45) is 0 Å². The molecule has 0 radical (unpaired) electrons. The molecule has 0 saturated heterocycles. The molecule has 0 spiro atoms. The summed E-state index contributed by atoms with van der Waals surface area (Å²) in [4.78, 5) is 0. The van der Waals surface area contributed by atoms with Crippen molar-refractivity contribution in [3.05, 3.63) is 58.4 Å². The molecule has 0 aliphatic carbocycles. The zero-order chi connectivity index (χ0) is 19.5. The van der Waals surface area contributed by atoms with Crippen LogP contribution < -0.4 is 14.8 Å². The first kappa shape index (κ1) is 21.5. The van der Waals surface area contributed by atoms with Crippen molar-refractivity contribution in [2.75, 3.05) is 13.2 Å². The predicted octanol–water partition coefficient (Wildman–Crippen LogP) is 6.13. The first-order valence-corrected chi connectivity index (χ1v) is 10.1. The van der Waals surface area contributed by atoms with Crippen LogP contribution in [0.15, 0.2) is 36.4 Å². The van der Waals surface area contributed by atoms with Gasteiger partial charge in [-0.15, -0.1) is 0 Å². The summed E-state index contributed by atoms with van der Waals surface area (Å²) in [7, 11) is 0. The second-order valence-corrected chi connectivity index (χ2v) is 6.86. The average molecular weight is 394 g/mol. The van der Waals surface area contributed by atoms with Crippen molar-refractivity contribution in [3.8, 4) is 11.5 Å². The van der Waals surface area contributed by atoms with E-state index in [4.69, 9.17) is 21.1 Å². The SMILES string of the molecule is CCCCCCNCc1cc(Cl)c(OCc2ccccc2F)c(OCC)c1. The van der Waals surface area contributed by atoms with Crippen molar-refractivity contribution < 1.29 is 13.9 Å². The van der Waals surface area contributed by atoms with E-state index >= 15 is 0 Å². The molecule has 2 aromatic rings. The smallest absolute Gasteiger partial charge is 0.180 e. The van der Waals surface area contributed by atoms with Crippen LogP contribution in [-0.2, 0) is 13.2 Å². The summed E-state index contributed by atoms with van der Waals surface area (Å²) in [5, 5.41) is 3.91. The molecule has 1 N–H and O–H groups in total. The van der Waals surface area contributed by atoms with Crippen LogP contribution in [0.25, 0.3) is 0 Å². The number of ether oxygens (including phenoxy) is 2. The number of halogens is 2. The lowest BCUT2D eigenvalue weighted by molar-refractivity contribution is 0.266. The van der Waals surface area contributed by atoms with E-state index in [1.54, 1.807) is 18.2 Å². The highest BCUT2D eigenvalue weighted by Crippen LogP contribution is 2.37. The van der Waals surface area contributed by atoms with E-state index in [1.165, 1.54) is 31.7 Å². The number of benzene rings is 2. The minimum atomic E-state index is -0.296. The number of hydrogen-bond acceptors (Lipinski definition) is 3. The second-order valence-electron chi connectivity index (χ2n) is 6.46. The van der Waals surface area contributed by atoms with Gasteiger partial charge in [-0.05, 0) is 43.7 Å². The molecular weight excluding hydrogens is 365 g/mol. The molecule has 0 aliphatic rings. The number of nitrogens with one attached hydrogen (secondary N) is 1. The maximum atomic E-state index is 13.8. The molecule has 0 bridgehead atoms. The van der Waals surface area contributed by atoms with Crippen LogP contribution in [0.3, 0.4) is 0 Å². The molecule has 2 aromatic carbocycles. The number of unbranched alkanes of at least 4 members (excludes halogenated alkanes) is 3. The molecular formula is C22H29ClFNO2. The fourth-order valence-electron chi connectivity index (χ4n) is 2.80. The summed E-state index contributed by atoms with van der Waals surface area (Å²) >= 11 is 6.43. The van der Waals surface area contributed by atoms with E-state index in [9.17, 15) is 4.39 Å². The maximum absolute atomic E-state index is 13.8. The van der Waals surface area contributed by atoms with Crippen molar-refractivity contribution >= 4 is 11.6 Å². The first-order valence-electron chi connectivity index (χ1n) is 9.67. The molecule has 0 amide bonds. The summed E-state index contributed by atoms with van der Waals surface area (Å²) < 4.78 is 25.3. The Hall–Kier alpha value is -1.78. The highest BCUT2D eigenvalue weighted by Gasteiger charge is 2.14. The van der Waals surface area contributed by atoms with Gasteiger partial charge in [-0.2, -0.15) is 0 Å². The molecule has 0 heterocycles. The summed E-state index contributed by atoms with van der Waals surface area (Å²) in [5.74, 6) is 0.744. The third-order valence-electron chi connectivity index (χ3n) is 4.24. The monoisotopic (exact) mass is 393 g/mol. The lowest BCUT2D eigenvalue weighted by Gasteiger charge is -2.16. The Kier molecular flexibility index (Phi) is 9.43. The van der Waals surface area contributed by atoms with Crippen LogP contribution >= 0.6 is 11.6 Å². The van der Waals surface area contributed by atoms with Crippen molar-refractivity contribution in [3.63, 3.8) is 0 Å². The van der Waals surface area contributed by atoms with Crippen LogP contribution in [0.5, 0.6) is 11.5 Å². The van der Waals surface area contributed by atoms with Crippen molar-refractivity contribution in [2.45, 2.75) is 52.7 Å². The molecule has 0 aliphatic heterocycles. The molecule has 0 aromatic heterocycles. The molecule has 2 rings (SSSR count). The van der Waals surface area contributed by atoms with Gasteiger partial charge in [0.2, 0.25) is 0 Å². The third-order valence-corrected chi connectivity index (χ3v) is 4.52. The minimum absolute atomic E-state index is 0.0987. The minimum Gasteiger partial charge on any atom is -0.490 e. The molecule has 5 heteroatoms. The third kappa shape index (κ3) is 7.04. The molecule has 0 atom stereocenters. The number of hydrogen-bond donors (Lipinski definition) is 1. The summed E-state index contributed by atoms with van der Waals surface area (Å²) in [6, 6.07) is 10.4. The fourth-order valence-corrected chi connectivity index (χ4v) is 3.09. The summed E-state index contributed by atoms with van der Waals surface area (Å²) in [5.41, 5.74) is 1.52. The predicted molar refractivity (Wildman–Crippen MR) is 109 cm³/mol. The van der Waals surface area contributed by atoms with Crippen LogP contribution in [0.4, 0.5) is 4.39 Å². The van der Waals surface area contributed by atoms with Gasteiger partial charge in [0.1, 0.15) is 12.4 Å². The van der Waals surface area contributed by atoms with E-state index in [-0.39, 0.29) is 12.4 Å². The van der Waals surface area contributed by atoms with Gasteiger partial charge in [-0.1, -0.05) is 56.0 Å². The van der Waals surface area contributed by atoms with E-state index in [0.29, 0.717) is 28.7 Å². The van der Waals surface area contributed by atoms with E-state index in [1.807, 2.05) is 19.1 Å². The topological polar surface area (TPSA) is 30.5 Å². The van der Waals surface area contributed by atoms with Crippen molar-refractivity contribution in [1.82, 2.24) is 5.32 Å². The molecule has 148 valence electrons. The van der Waals surface area contributed by atoms with E-state index in [0.717, 1.165) is 18.7 Å². The van der Waals surface area contributed by atoms with Gasteiger partial charge in [-0.25, -0.2) is 4.39 Å². The Morgan fingerprint density at radius 2 is 1.85 bits per heavy atom. The highest BCUT2D eigenvalue weighted by molar-refractivity contribution is 6.32. The lowest BCUT2D eigenvalue weighted by atomic mass is 10.1. The summed E-state index contributed by atoms with van der Waals surface area (Å²) in [6.45, 7) is 6.42. The highest BCUT2D eigenvalue weighted by atomic mass is 35.5. The molecule has 0 fully saturated rings. The van der Waals surface area contributed by atoms with Gasteiger partial charge >= 0.3 is 0 Å². The standard InChI is InChI=1S/C22H29ClFNO2/c1-3-5-6-9-12-25-15-17-13-19(23)22(21(14-17)26-4-2)27-16-18-10-7-8-11-20(18)24/h7-8,10-11,13-14,25H,3-6,9,12,15-16H2,1-2H3. The van der Waals surface area contributed by atoms with Crippen LogP contribution in [0, 0.1) is 5.82 Å². The van der Waals surface area contributed by atoms with Gasteiger partial charge < -0.3 is 14.8 Å². The van der Waals surface area contributed by atoms with Gasteiger partial charge in [0.15, 0.2) is 11.5 Å². The van der Waals surface area contributed by atoms with Crippen LogP contribution in [0.1, 0.15) is 50.7 Å². The van der Waals surface area contributed by atoms with Gasteiger partial charge in [-0.3, -0.25) is 0 Å². The Balaban J connectivity index is 2.01. The normalized spacial score (nSPS) is 10.8. The van der Waals surface area contributed by atoms with Gasteiger partial charge in [0.25, 0.3) is 0 Å². The Morgan fingerprint density at radius 3 is 2.59 bits per heavy atom. The largest absolute Gasteiger partial charge is 0.490 e. The van der Waals surface area contributed by atoms with E-state index in [2.05, 4.69) is 12.2 Å².